The fourth-order valence-electron chi connectivity index (χ4n) is 3.94. The molecule has 3 heteroatoms. The first-order chi connectivity index (χ1) is 8.65. The van der Waals surface area contributed by atoms with E-state index in [-0.39, 0.29) is 12.0 Å². The molecule has 2 aliphatic carbocycles. The van der Waals surface area contributed by atoms with Crippen molar-refractivity contribution in [2.75, 3.05) is 13.1 Å². The van der Waals surface area contributed by atoms with Gasteiger partial charge >= 0.3 is 0 Å². The van der Waals surface area contributed by atoms with E-state index in [2.05, 4.69) is 24.0 Å². The SMILES string of the molecule is CC(N)C1CCN(C(=O)C2CC3C=CC2C3)CC1. The molecule has 3 rings (SSSR count). The van der Waals surface area contributed by atoms with Gasteiger partial charge in [0.05, 0.1) is 0 Å². The van der Waals surface area contributed by atoms with E-state index in [0.29, 0.717) is 23.7 Å². The molecule has 0 aromatic carbocycles. The minimum Gasteiger partial charge on any atom is -0.342 e. The number of carbonyl (C=O) groups excluding carboxylic acids is 1. The average Bonchev–Trinajstić information content (AvgIpc) is 3.00. The van der Waals surface area contributed by atoms with E-state index in [9.17, 15) is 4.79 Å². The summed E-state index contributed by atoms with van der Waals surface area (Å²) in [5, 5.41) is 0. The third-order valence-electron chi connectivity index (χ3n) is 5.19. The maximum atomic E-state index is 12.5. The summed E-state index contributed by atoms with van der Waals surface area (Å²) in [5.74, 6) is 2.52. The van der Waals surface area contributed by atoms with Crippen molar-refractivity contribution in [3.05, 3.63) is 12.2 Å². The second-order valence-corrected chi connectivity index (χ2v) is 6.41. The van der Waals surface area contributed by atoms with E-state index in [0.717, 1.165) is 32.4 Å². The molecule has 1 heterocycles. The van der Waals surface area contributed by atoms with E-state index in [1.54, 1.807) is 0 Å². The monoisotopic (exact) mass is 248 g/mol. The lowest BCUT2D eigenvalue weighted by atomic mass is 9.88. The van der Waals surface area contributed by atoms with Crippen molar-refractivity contribution in [1.29, 1.82) is 0 Å². The summed E-state index contributed by atoms with van der Waals surface area (Å²) in [4.78, 5) is 14.6. The quantitative estimate of drug-likeness (QED) is 0.757. The number of hydrogen-bond donors (Lipinski definition) is 1. The van der Waals surface area contributed by atoms with Crippen LogP contribution in [0, 0.1) is 23.7 Å². The Morgan fingerprint density at radius 1 is 1.28 bits per heavy atom. The van der Waals surface area contributed by atoms with Gasteiger partial charge in [0.25, 0.3) is 0 Å². The van der Waals surface area contributed by atoms with Gasteiger partial charge in [-0.3, -0.25) is 4.79 Å². The molecule has 0 aromatic rings. The van der Waals surface area contributed by atoms with E-state index < -0.39 is 0 Å². The van der Waals surface area contributed by atoms with Crippen LogP contribution in [0.25, 0.3) is 0 Å². The molecule has 0 radical (unpaired) electrons. The minimum atomic E-state index is 0.271. The van der Waals surface area contributed by atoms with Crippen molar-refractivity contribution in [2.24, 2.45) is 29.4 Å². The molecule has 2 bridgehead atoms. The van der Waals surface area contributed by atoms with Crippen molar-refractivity contribution < 1.29 is 4.79 Å². The van der Waals surface area contributed by atoms with E-state index in [1.165, 1.54) is 6.42 Å². The molecular formula is C15H24N2O. The van der Waals surface area contributed by atoms with Crippen LogP contribution in [0.1, 0.15) is 32.6 Å². The second kappa shape index (κ2) is 4.69. The molecule has 2 N–H and O–H groups in total. The predicted molar refractivity (Wildman–Crippen MR) is 71.8 cm³/mol. The van der Waals surface area contributed by atoms with Crippen molar-refractivity contribution >= 4 is 5.91 Å². The number of likely N-dealkylation sites (tertiary alicyclic amines) is 1. The highest BCUT2D eigenvalue weighted by molar-refractivity contribution is 5.80. The van der Waals surface area contributed by atoms with Gasteiger partial charge in [0, 0.05) is 25.0 Å². The number of rotatable bonds is 2. The van der Waals surface area contributed by atoms with Crippen LogP contribution in [0.5, 0.6) is 0 Å². The summed E-state index contributed by atoms with van der Waals surface area (Å²) in [5.41, 5.74) is 5.95. The zero-order chi connectivity index (χ0) is 12.7. The third-order valence-corrected chi connectivity index (χ3v) is 5.19. The highest BCUT2D eigenvalue weighted by Crippen LogP contribution is 2.44. The Balaban J connectivity index is 1.57. The Morgan fingerprint density at radius 2 is 2.00 bits per heavy atom. The summed E-state index contributed by atoms with van der Waals surface area (Å²) < 4.78 is 0. The maximum absolute atomic E-state index is 12.5. The predicted octanol–water partition coefficient (Wildman–Crippen LogP) is 1.78. The van der Waals surface area contributed by atoms with Crippen LogP contribution in [0.15, 0.2) is 12.2 Å². The largest absolute Gasteiger partial charge is 0.342 e. The zero-order valence-electron chi connectivity index (χ0n) is 11.2. The van der Waals surface area contributed by atoms with Crippen molar-refractivity contribution in [1.82, 2.24) is 4.90 Å². The summed E-state index contributed by atoms with van der Waals surface area (Å²) in [6, 6.07) is 0.271. The Bertz CT molecular complexity index is 356. The number of piperidine rings is 1. The number of hydrogen-bond acceptors (Lipinski definition) is 2. The van der Waals surface area contributed by atoms with Crippen molar-refractivity contribution in [3.8, 4) is 0 Å². The van der Waals surface area contributed by atoms with Crippen molar-refractivity contribution in [3.63, 3.8) is 0 Å². The molecule has 0 spiro atoms. The Kier molecular flexibility index (Phi) is 3.18. The molecule has 1 saturated carbocycles. The molecule has 100 valence electrons. The van der Waals surface area contributed by atoms with Gasteiger partial charge in [-0.05, 0) is 50.4 Å². The normalized spacial score (nSPS) is 37.2. The number of allylic oxidation sites excluding steroid dienone is 2. The van der Waals surface area contributed by atoms with Gasteiger partial charge in [0.1, 0.15) is 0 Å². The summed E-state index contributed by atoms with van der Waals surface area (Å²) in [6.07, 6.45) is 9.04. The first kappa shape index (κ1) is 12.2. The first-order valence-corrected chi connectivity index (χ1v) is 7.38. The topological polar surface area (TPSA) is 46.3 Å². The number of nitrogens with two attached hydrogens (primary N) is 1. The second-order valence-electron chi connectivity index (χ2n) is 6.41. The highest BCUT2D eigenvalue weighted by Gasteiger charge is 2.41. The highest BCUT2D eigenvalue weighted by atomic mass is 16.2. The summed E-state index contributed by atoms with van der Waals surface area (Å²) >= 11 is 0. The first-order valence-electron chi connectivity index (χ1n) is 7.38. The van der Waals surface area contributed by atoms with Gasteiger partial charge in [0.15, 0.2) is 0 Å². The Hall–Kier alpha value is -0.830. The lowest BCUT2D eigenvalue weighted by Crippen LogP contribution is -2.45. The zero-order valence-corrected chi connectivity index (χ0v) is 11.2. The molecule has 4 atom stereocenters. The van der Waals surface area contributed by atoms with E-state index in [4.69, 9.17) is 5.73 Å². The van der Waals surface area contributed by atoms with Crippen LogP contribution in [-0.4, -0.2) is 29.9 Å². The Labute approximate surface area is 109 Å². The number of carbonyl (C=O) groups is 1. The standard InChI is InChI=1S/C15H24N2O/c1-10(16)12-4-6-17(7-5-12)15(18)14-9-11-2-3-13(14)8-11/h2-3,10-14H,4-9,16H2,1H3. The van der Waals surface area contributed by atoms with Crippen LogP contribution >= 0.6 is 0 Å². The number of amides is 1. The molecule has 1 amide bonds. The van der Waals surface area contributed by atoms with Crippen LogP contribution in [0.3, 0.4) is 0 Å². The lowest BCUT2D eigenvalue weighted by Gasteiger charge is -2.36. The molecule has 3 nitrogen and oxygen atoms in total. The van der Waals surface area contributed by atoms with Crippen LogP contribution in [-0.2, 0) is 4.79 Å². The Morgan fingerprint density at radius 3 is 2.50 bits per heavy atom. The van der Waals surface area contributed by atoms with Crippen LogP contribution in [0.4, 0.5) is 0 Å². The molecule has 0 aromatic heterocycles. The average molecular weight is 248 g/mol. The third kappa shape index (κ3) is 2.09. The molecule has 4 unspecified atom stereocenters. The van der Waals surface area contributed by atoms with Gasteiger partial charge in [-0.25, -0.2) is 0 Å². The summed E-state index contributed by atoms with van der Waals surface area (Å²) in [6.45, 7) is 3.92. The molecule has 2 fully saturated rings. The van der Waals surface area contributed by atoms with E-state index >= 15 is 0 Å². The van der Waals surface area contributed by atoms with Gasteiger partial charge in [0.2, 0.25) is 5.91 Å². The minimum absolute atomic E-state index is 0.271. The maximum Gasteiger partial charge on any atom is 0.226 e. The fourth-order valence-corrected chi connectivity index (χ4v) is 3.94. The van der Waals surface area contributed by atoms with E-state index in [1.807, 2.05) is 0 Å². The van der Waals surface area contributed by atoms with Gasteiger partial charge in [-0.1, -0.05) is 12.2 Å². The van der Waals surface area contributed by atoms with Crippen LogP contribution < -0.4 is 5.73 Å². The lowest BCUT2D eigenvalue weighted by molar-refractivity contribution is -0.137. The number of fused-ring (bicyclic) bond motifs is 2. The number of nitrogens with zero attached hydrogens (tertiary/aromatic N) is 1. The smallest absolute Gasteiger partial charge is 0.226 e. The van der Waals surface area contributed by atoms with Gasteiger partial charge in [-0.2, -0.15) is 0 Å². The fraction of sp³-hybridized carbons (Fsp3) is 0.800. The van der Waals surface area contributed by atoms with Gasteiger partial charge in [-0.15, -0.1) is 0 Å². The van der Waals surface area contributed by atoms with Crippen molar-refractivity contribution in [2.45, 2.75) is 38.6 Å². The molecular weight excluding hydrogens is 224 g/mol. The molecule has 18 heavy (non-hydrogen) atoms. The molecule has 1 aliphatic heterocycles. The van der Waals surface area contributed by atoms with Gasteiger partial charge < -0.3 is 10.6 Å². The van der Waals surface area contributed by atoms with Crippen LogP contribution in [0.2, 0.25) is 0 Å². The molecule has 3 aliphatic rings. The summed E-state index contributed by atoms with van der Waals surface area (Å²) in [7, 11) is 0. The molecule has 1 saturated heterocycles.